The summed E-state index contributed by atoms with van der Waals surface area (Å²) in [4.78, 5) is 15.8. The van der Waals surface area contributed by atoms with E-state index in [-0.39, 0.29) is 36.8 Å². The molecular formula is C11H25Cl2N3O. The lowest BCUT2D eigenvalue weighted by molar-refractivity contribution is -0.131. The SMILES string of the molecule is CCN1CCCC1CN(C)C(=O)[C@@H](C)N.Cl.Cl. The largest absolute Gasteiger partial charge is 0.343 e. The predicted molar refractivity (Wildman–Crippen MR) is 76.1 cm³/mol. The number of likely N-dealkylation sites (tertiary alicyclic amines) is 1. The molecule has 1 unspecified atom stereocenters. The van der Waals surface area contributed by atoms with Crippen LogP contribution in [0.3, 0.4) is 0 Å². The Kier molecular flexibility index (Phi) is 10.2. The first-order valence-corrected chi connectivity index (χ1v) is 5.80. The monoisotopic (exact) mass is 285 g/mol. The molecule has 2 atom stereocenters. The molecule has 0 bridgehead atoms. The standard InChI is InChI=1S/C11H23N3O.2ClH/c1-4-14-7-5-6-10(14)8-13(3)11(15)9(2)12;;/h9-10H,4-8,12H2,1-3H3;2*1H/t9-,10?;;/m1../s1. The quantitative estimate of drug-likeness (QED) is 0.842. The summed E-state index contributed by atoms with van der Waals surface area (Å²) in [6.45, 7) is 6.97. The van der Waals surface area contributed by atoms with Gasteiger partial charge in [-0.1, -0.05) is 6.92 Å². The molecular weight excluding hydrogens is 261 g/mol. The Labute approximate surface area is 117 Å². The van der Waals surface area contributed by atoms with Gasteiger partial charge in [-0.3, -0.25) is 9.69 Å². The van der Waals surface area contributed by atoms with Gasteiger partial charge in [0.15, 0.2) is 0 Å². The molecule has 0 saturated carbocycles. The second-order valence-electron chi connectivity index (χ2n) is 4.43. The van der Waals surface area contributed by atoms with E-state index >= 15 is 0 Å². The molecule has 4 nitrogen and oxygen atoms in total. The molecule has 1 fully saturated rings. The molecule has 6 heteroatoms. The average Bonchev–Trinajstić information content (AvgIpc) is 2.63. The Balaban J connectivity index is 0. The third-order valence-corrected chi connectivity index (χ3v) is 3.16. The molecule has 2 N–H and O–H groups in total. The molecule has 1 rings (SSSR count). The lowest BCUT2D eigenvalue weighted by Crippen LogP contribution is -2.46. The minimum absolute atomic E-state index is 0. The normalized spacial score (nSPS) is 21.3. The molecule has 1 saturated heterocycles. The van der Waals surface area contributed by atoms with Crippen LogP contribution < -0.4 is 5.73 Å². The van der Waals surface area contributed by atoms with E-state index in [0.717, 1.165) is 13.1 Å². The van der Waals surface area contributed by atoms with Crippen molar-refractivity contribution < 1.29 is 4.79 Å². The molecule has 1 amide bonds. The van der Waals surface area contributed by atoms with Crippen molar-refractivity contribution in [2.24, 2.45) is 5.73 Å². The number of nitrogens with zero attached hydrogens (tertiary/aromatic N) is 2. The molecule has 0 aliphatic carbocycles. The zero-order valence-corrected chi connectivity index (χ0v) is 12.5. The second kappa shape index (κ2) is 8.97. The van der Waals surface area contributed by atoms with Gasteiger partial charge in [0.05, 0.1) is 6.04 Å². The van der Waals surface area contributed by atoms with Crippen molar-refractivity contribution in [3.8, 4) is 0 Å². The summed E-state index contributed by atoms with van der Waals surface area (Å²) in [7, 11) is 1.85. The highest BCUT2D eigenvalue weighted by molar-refractivity contribution is 5.85. The van der Waals surface area contributed by atoms with Gasteiger partial charge >= 0.3 is 0 Å². The lowest BCUT2D eigenvalue weighted by Gasteiger charge is -2.28. The molecule has 0 aromatic heterocycles. The Morgan fingerprint density at radius 3 is 2.59 bits per heavy atom. The molecule has 1 heterocycles. The molecule has 0 spiro atoms. The minimum Gasteiger partial charge on any atom is -0.343 e. The second-order valence-corrected chi connectivity index (χ2v) is 4.43. The van der Waals surface area contributed by atoms with Crippen LogP contribution in [0.1, 0.15) is 26.7 Å². The van der Waals surface area contributed by atoms with Gasteiger partial charge in [0.25, 0.3) is 0 Å². The van der Waals surface area contributed by atoms with E-state index in [9.17, 15) is 4.79 Å². The Morgan fingerprint density at radius 1 is 1.53 bits per heavy atom. The number of hydrogen-bond acceptors (Lipinski definition) is 3. The van der Waals surface area contributed by atoms with Crippen LogP contribution in [0.25, 0.3) is 0 Å². The summed E-state index contributed by atoms with van der Waals surface area (Å²) >= 11 is 0. The number of rotatable bonds is 4. The van der Waals surface area contributed by atoms with Crippen LogP contribution in [-0.4, -0.2) is 54.5 Å². The van der Waals surface area contributed by atoms with Crippen LogP contribution in [-0.2, 0) is 4.79 Å². The van der Waals surface area contributed by atoms with Crippen LogP contribution in [0, 0.1) is 0 Å². The summed E-state index contributed by atoms with van der Waals surface area (Å²) in [5.41, 5.74) is 5.57. The summed E-state index contributed by atoms with van der Waals surface area (Å²) in [5.74, 6) is 0.0398. The van der Waals surface area contributed by atoms with Gasteiger partial charge in [-0.15, -0.1) is 24.8 Å². The van der Waals surface area contributed by atoms with Crippen molar-refractivity contribution in [2.75, 3.05) is 26.7 Å². The minimum atomic E-state index is -0.383. The van der Waals surface area contributed by atoms with Crippen molar-refractivity contribution in [3.63, 3.8) is 0 Å². The smallest absolute Gasteiger partial charge is 0.238 e. The highest BCUT2D eigenvalue weighted by atomic mass is 35.5. The molecule has 1 aliphatic heterocycles. The number of carbonyl (C=O) groups is 1. The highest BCUT2D eigenvalue weighted by Gasteiger charge is 2.26. The Bertz CT molecular complexity index is 227. The molecule has 17 heavy (non-hydrogen) atoms. The molecule has 0 aromatic carbocycles. The number of halogens is 2. The zero-order valence-electron chi connectivity index (χ0n) is 10.9. The number of likely N-dealkylation sites (N-methyl/N-ethyl adjacent to an activating group) is 2. The zero-order chi connectivity index (χ0) is 11.4. The lowest BCUT2D eigenvalue weighted by atomic mass is 10.2. The van der Waals surface area contributed by atoms with E-state index < -0.39 is 0 Å². The maximum absolute atomic E-state index is 11.6. The maximum Gasteiger partial charge on any atom is 0.238 e. The molecule has 0 aromatic rings. The van der Waals surface area contributed by atoms with E-state index in [2.05, 4.69) is 11.8 Å². The van der Waals surface area contributed by atoms with Gasteiger partial charge in [0.2, 0.25) is 5.91 Å². The summed E-state index contributed by atoms with van der Waals surface area (Å²) in [5, 5.41) is 0. The van der Waals surface area contributed by atoms with Crippen LogP contribution in [0.2, 0.25) is 0 Å². The van der Waals surface area contributed by atoms with Gasteiger partial charge in [-0.2, -0.15) is 0 Å². The number of amides is 1. The summed E-state index contributed by atoms with van der Waals surface area (Å²) < 4.78 is 0. The van der Waals surface area contributed by atoms with E-state index in [1.165, 1.54) is 19.4 Å². The van der Waals surface area contributed by atoms with E-state index in [1.807, 2.05) is 7.05 Å². The fourth-order valence-electron chi connectivity index (χ4n) is 2.27. The first-order chi connectivity index (χ1) is 7.06. The first kappa shape index (κ1) is 19.3. The van der Waals surface area contributed by atoms with Crippen LogP contribution in [0.15, 0.2) is 0 Å². The molecule has 0 radical (unpaired) electrons. The van der Waals surface area contributed by atoms with Crippen molar-refractivity contribution in [2.45, 2.75) is 38.8 Å². The van der Waals surface area contributed by atoms with Crippen molar-refractivity contribution in [1.29, 1.82) is 0 Å². The number of carbonyl (C=O) groups excluding carboxylic acids is 1. The van der Waals surface area contributed by atoms with E-state index in [1.54, 1.807) is 11.8 Å². The van der Waals surface area contributed by atoms with Crippen LogP contribution in [0.4, 0.5) is 0 Å². The Morgan fingerprint density at radius 2 is 2.12 bits per heavy atom. The van der Waals surface area contributed by atoms with Gasteiger partial charge in [-0.05, 0) is 32.9 Å². The van der Waals surface area contributed by atoms with E-state index in [0.29, 0.717) is 6.04 Å². The Hall–Kier alpha value is -0.0300. The fourth-order valence-corrected chi connectivity index (χ4v) is 2.27. The topological polar surface area (TPSA) is 49.6 Å². The van der Waals surface area contributed by atoms with Crippen molar-refractivity contribution >= 4 is 30.7 Å². The van der Waals surface area contributed by atoms with Crippen molar-refractivity contribution in [3.05, 3.63) is 0 Å². The summed E-state index contributed by atoms with van der Waals surface area (Å²) in [6, 6.07) is 0.147. The molecule has 104 valence electrons. The summed E-state index contributed by atoms with van der Waals surface area (Å²) in [6.07, 6.45) is 2.45. The van der Waals surface area contributed by atoms with Crippen LogP contribution >= 0.6 is 24.8 Å². The number of nitrogens with two attached hydrogens (primary N) is 1. The van der Waals surface area contributed by atoms with Gasteiger partial charge in [-0.25, -0.2) is 0 Å². The average molecular weight is 286 g/mol. The third-order valence-electron chi connectivity index (χ3n) is 3.16. The van der Waals surface area contributed by atoms with Crippen molar-refractivity contribution in [1.82, 2.24) is 9.80 Å². The predicted octanol–water partition coefficient (Wildman–Crippen LogP) is 1.12. The van der Waals surface area contributed by atoms with Gasteiger partial charge < -0.3 is 10.6 Å². The molecule has 1 aliphatic rings. The number of hydrogen-bond donors (Lipinski definition) is 1. The third kappa shape index (κ3) is 5.42. The first-order valence-electron chi connectivity index (χ1n) is 5.80. The maximum atomic E-state index is 11.6. The van der Waals surface area contributed by atoms with Gasteiger partial charge in [0, 0.05) is 19.6 Å². The fraction of sp³-hybridized carbons (Fsp3) is 0.909. The highest BCUT2D eigenvalue weighted by Crippen LogP contribution is 2.17. The van der Waals surface area contributed by atoms with E-state index in [4.69, 9.17) is 5.73 Å². The van der Waals surface area contributed by atoms with Crippen LogP contribution in [0.5, 0.6) is 0 Å². The van der Waals surface area contributed by atoms with Gasteiger partial charge in [0.1, 0.15) is 0 Å².